The molecule has 30 heavy (non-hydrogen) atoms. The number of benzene rings is 1. The Balaban J connectivity index is 1.40. The maximum absolute atomic E-state index is 12.9. The van der Waals surface area contributed by atoms with Crippen molar-refractivity contribution in [2.45, 2.75) is 45.7 Å². The van der Waals surface area contributed by atoms with Crippen molar-refractivity contribution in [1.29, 1.82) is 0 Å². The number of aryl methyl sites for hydroxylation is 1. The summed E-state index contributed by atoms with van der Waals surface area (Å²) < 4.78 is 11.3. The van der Waals surface area contributed by atoms with Crippen LogP contribution in [0.4, 0.5) is 0 Å². The first-order valence-corrected chi connectivity index (χ1v) is 11.6. The highest BCUT2D eigenvalue weighted by molar-refractivity contribution is 7.18. The minimum Gasteiger partial charge on any atom is -0.486 e. The van der Waals surface area contributed by atoms with Gasteiger partial charge < -0.3 is 19.4 Å². The number of quaternary nitrogens is 1. The number of hydrogen-bond donors (Lipinski definition) is 2. The molecule has 2 aliphatic rings. The molecule has 0 saturated carbocycles. The van der Waals surface area contributed by atoms with Crippen LogP contribution in [0, 0.1) is 5.92 Å². The lowest BCUT2D eigenvalue weighted by Gasteiger charge is -2.23. The molecule has 6 nitrogen and oxygen atoms in total. The van der Waals surface area contributed by atoms with Crippen molar-refractivity contribution in [1.82, 2.24) is 9.97 Å². The summed E-state index contributed by atoms with van der Waals surface area (Å²) in [5, 5.41) is 0.822. The quantitative estimate of drug-likeness (QED) is 0.673. The molecule has 2 aromatic heterocycles. The molecule has 0 saturated heterocycles. The van der Waals surface area contributed by atoms with E-state index in [4.69, 9.17) is 14.5 Å². The van der Waals surface area contributed by atoms with Gasteiger partial charge in [0.1, 0.15) is 30.6 Å². The Bertz CT molecular complexity index is 1150. The summed E-state index contributed by atoms with van der Waals surface area (Å²) in [5.41, 5.74) is 2.42. The summed E-state index contributed by atoms with van der Waals surface area (Å²) in [6, 6.07) is 6.18. The minimum absolute atomic E-state index is 0.0148. The van der Waals surface area contributed by atoms with Gasteiger partial charge >= 0.3 is 0 Å². The summed E-state index contributed by atoms with van der Waals surface area (Å²) >= 11 is 1.71. The van der Waals surface area contributed by atoms with Crippen LogP contribution in [0.1, 0.15) is 48.1 Å². The number of hydrogen-bond acceptors (Lipinski definition) is 5. The molecule has 1 aromatic carbocycles. The molecule has 7 heteroatoms. The van der Waals surface area contributed by atoms with E-state index in [9.17, 15) is 4.79 Å². The highest BCUT2D eigenvalue weighted by Gasteiger charge is 2.25. The molecule has 5 rings (SSSR count). The molecule has 3 atom stereocenters. The molecule has 0 radical (unpaired) electrons. The lowest BCUT2D eigenvalue weighted by molar-refractivity contribution is -0.924. The zero-order valence-electron chi connectivity index (χ0n) is 17.7. The molecular formula is C23H28N3O3S+. The lowest BCUT2D eigenvalue weighted by atomic mass is 9.89. The zero-order chi connectivity index (χ0) is 20.8. The van der Waals surface area contributed by atoms with Crippen LogP contribution in [0.25, 0.3) is 10.2 Å². The largest absolute Gasteiger partial charge is 0.486 e. The number of aromatic nitrogens is 2. The van der Waals surface area contributed by atoms with Gasteiger partial charge in [0.25, 0.3) is 5.56 Å². The summed E-state index contributed by atoms with van der Waals surface area (Å²) in [4.78, 5) is 24.4. The molecule has 1 aliphatic carbocycles. The van der Waals surface area contributed by atoms with Crippen LogP contribution in [0.3, 0.4) is 0 Å². The van der Waals surface area contributed by atoms with E-state index in [1.165, 1.54) is 20.9 Å². The third kappa shape index (κ3) is 3.50. The van der Waals surface area contributed by atoms with Gasteiger partial charge in [0.05, 0.1) is 12.4 Å². The second-order valence-electron chi connectivity index (χ2n) is 8.71. The smallest absolute Gasteiger partial charge is 0.260 e. The topological polar surface area (TPSA) is 68.7 Å². The molecule has 1 aliphatic heterocycles. The standard InChI is InChI=1S/C23H27N3O3S/c1-13-4-6-16-19(10-13)30-23-20(16)22(27)24-21(25-23)14(2)26(3)12-15-5-7-17-18(11-15)29-9-8-28-17/h5,7,11,13-14H,4,6,8-10,12H2,1-3H3,(H,24,25,27)/p+1/t13-,14-/m1/s1. The second kappa shape index (κ2) is 7.71. The van der Waals surface area contributed by atoms with Crippen LogP contribution in [0.2, 0.25) is 0 Å². The predicted molar refractivity (Wildman–Crippen MR) is 118 cm³/mol. The normalized spacial score (nSPS) is 20.0. The maximum Gasteiger partial charge on any atom is 0.260 e. The van der Waals surface area contributed by atoms with Crippen molar-refractivity contribution < 1.29 is 14.4 Å². The van der Waals surface area contributed by atoms with Gasteiger partial charge in [-0.25, -0.2) is 4.98 Å². The van der Waals surface area contributed by atoms with E-state index in [-0.39, 0.29) is 11.6 Å². The van der Waals surface area contributed by atoms with Gasteiger partial charge in [-0.1, -0.05) is 6.92 Å². The molecule has 0 bridgehead atoms. The summed E-state index contributed by atoms with van der Waals surface area (Å²) in [5.74, 6) is 3.06. The fraction of sp³-hybridized carbons (Fsp3) is 0.478. The Morgan fingerprint density at radius 2 is 2.10 bits per heavy atom. The van der Waals surface area contributed by atoms with Crippen LogP contribution >= 0.6 is 11.3 Å². The minimum atomic E-state index is 0.0148. The maximum atomic E-state index is 12.9. The van der Waals surface area contributed by atoms with Gasteiger partial charge in [0, 0.05) is 10.4 Å². The third-order valence-electron chi connectivity index (χ3n) is 6.42. The first-order valence-electron chi connectivity index (χ1n) is 10.7. The fourth-order valence-corrected chi connectivity index (χ4v) is 5.87. The second-order valence-corrected chi connectivity index (χ2v) is 9.79. The number of thiophene rings is 1. The van der Waals surface area contributed by atoms with E-state index in [1.54, 1.807) is 11.3 Å². The molecule has 158 valence electrons. The fourth-order valence-electron chi connectivity index (χ4n) is 4.48. The summed E-state index contributed by atoms with van der Waals surface area (Å²) in [6.45, 7) is 6.39. The highest BCUT2D eigenvalue weighted by atomic mass is 32.1. The molecule has 0 amide bonds. The average Bonchev–Trinajstić information content (AvgIpc) is 3.10. The van der Waals surface area contributed by atoms with Crippen molar-refractivity contribution in [2.75, 3.05) is 20.3 Å². The number of nitrogens with zero attached hydrogens (tertiary/aromatic N) is 1. The van der Waals surface area contributed by atoms with Gasteiger partial charge in [-0.15, -0.1) is 11.3 Å². The Hall–Kier alpha value is -2.38. The number of nitrogens with one attached hydrogen (secondary N) is 2. The van der Waals surface area contributed by atoms with Crippen molar-refractivity contribution in [3.63, 3.8) is 0 Å². The first-order chi connectivity index (χ1) is 14.5. The van der Waals surface area contributed by atoms with Gasteiger partial charge in [-0.2, -0.15) is 0 Å². The number of fused-ring (bicyclic) bond motifs is 4. The van der Waals surface area contributed by atoms with Gasteiger partial charge in [0.2, 0.25) is 0 Å². The molecule has 3 aromatic rings. The molecule has 0 spiro atoms. The van der Waals surface area contributed by atoms with E-state index >= 15 is 0 Å². The summed E-state index contributed by atoms with van der Waals surface area (Å²) in [6.07, 6.45) is 3.21. The van der Waals surface area contributed by atoms with Crippen molar-refractivity contribution in [3.8, 4) is 11.5 Å². The third-order valence-corrected chi connectivity index (χ3v) is 7.57. The number of rotatable bonds is 4. The van der Waals surface area contributed by atoms with Crippen molar-refractivity contribution >= 4 is 21.6 Å². The van der Waals surface area contributed by atoms with E-state index in [2.05, 4.69) is 38.0 Å². The number of ether oxygens (including phenoxy) is 2. The SMILES string of the molecule is C[C@@H]1CCc2c(sc3nc([C@@H](C)[NH+](C)Cc4ccc5c(c4)OCCO5)[nH]c(=O)c23)C1. The Labute approximate surface area is 179 Å². The molecule has 3 heterocycles. The molecule has 0 fully saturated rings. The van der Waals surface area contributed by atoms with Crippen LogP contribution < -0.4 is 19.9 Å². The van der Waals surface area contributed by atoms with Gasteiger partial charge in [-0.05, 0) is 55.9 Å². The monoisotopic (exact) mass is 426 g/mol. The zero-order valence-corrected chi connectivity index (χ0v) is 18.5. The Kier molecular flexibility index (Phi) is 5.03. The van der Waals surface area contributed by atoms with Crippen LogP contribution in [0.15, 0.2) is 23.0 Å². The van der Waals surface area contributed by atoms with E-state index in [1.807, 2.05) is 6.07 Å². The number of H-pyrrole nitrogens is 1. The van der Waals surface area contributed by atoms with Crippen LogP contribution in [0.5, 0.6) is 11.5 Å². The molecular weight excluding hydrogens is 398 g/mol. The molecule has 2 N–H and O–H groups in total. The predicted octanol–water partition coefficient (Wildman–Crippen LogP) is 2.66. The van der Waals surface area contributed by atoms with Crippen LogP contribution in [-0.2, 0) is 19.4 Å². The van der Waals surface area contributed by atoms with Gasteiger partial charge in [0.15, 0.2) is 17.3 Å². The number of aromatic amines is 1. The van der Waals surface area contributed by atoms with Crippen molar-refractivity contribution in [2.24, 2.45) is 5.92 Å². The van der Waals surface area contributed by atoms with E-state index in [0.717, 1.165) is 53.3 Å². The van der Waals surface area contributed by atoms with Crippen molar-refractivity contribution in [3.05, 3.63) is 50.4 Å². The average molecular weight is 427 g/mol. The van der Waals surface area contributed by atoms with E-state index in [0.29, 0.717) is 19.1 Å². The Morgan fingerprint density at radius 1 is 1.30 bits per heavy atom. The molecule has 1 unspecified atom stereocenters. The Morgan fingerprint density at radius 3 is 2.93 bits per heavy atom. The first kappa shape index (κ1) is 19.6. The van der Waals surface area contributed by atoms with Gasteiger partial charge in [-0.3, -0.25) is 4.79 Å². The van der Waals surface area contributed by atoms with Crippen LogP contribution in [-0.4, -0.2) is 30.2 Å². The summed E-state index contributed by atoms with van der Waals surface area (Å²) in [7, 11) is 2.13. The van der Waals surface area contributed by atoms with E-state index < -0.39 is 0 Å². The lowest BCUT2D eigenvalue weighted by Crippen LogP contribution is -3.07. The highest BCUT2D eigenvalue weighted by Crippen LogP contribution is 2.36.